The summed E-state index contributed by atoms with van der Waals surface area (Å²) in [7, 11) is -3.16. The van der Waals surface area contributed by atoms with Gasteiger partial charge >= 0.3 is 6.18 Å². The zero-order valence-corrected chi connectivity index (χ0v) is 27.2. The van der Waals surface area contributed by atoms with E-state index >= 15 is 0 Å². The van der Waals surface area contributed by atoms with Crippen molar-refractivity contribution in [3.8, 4) is 17.9 Å². The van der Waals surface area contributed by atoms with Gasteiger partial charge in [-0.25, -0.2) is 12.7 Å². The standard InChI is InChI=1S/C33H40F3N7O2S/c1-32(2,22-37)31-10-9-25(21-39-31)38-15-5-6-27-20-28-29(7-4-8-30(28)43(27)23-33(34,35)36)40-24-11-16-41(17-12-24)26-13-18-42(19-14-26)46(3,44)45/h4,7-10,20-21,24,26,38,40H,11-19,23H2,1-3H3. The van der Waals surface area contributed by atoms with Crippen molar-refractivity contribution in [1.29, 1.82) is 5.26 Å². The number of pyridine rings is 1. The molecule has 2 saturated heterocycles. The van der Waals surface area contributed by atoms with Gasteiger partial charge in [-0.15, -0.1) is 0 Å². The van der Waals surface area contributed by atoms with Gasteiger partial charge in [0.25, 0.3) is 0 Å². The van der Waals surface area contributed by atoms with Gasteiger partial charge in [-0.1, -0.05) is 12.0 Å². The summed E-state index contributed by atoms with van der Waals surface area (Å²) in [6.45, 7) is 5.48. The van der Waals surface area contributed by atoms with Gasteiger partial charge in [0.15, 0.2) is 0 Å². The fourth-order valence-electron chi connectivity index (χ4n) is 6.24. The largest absolute Gasteiger partial charge is 0.406 e. The molecular weight excluding hydrogens is 615 g/mol. The molecule has 2 aromatic heterocycles. The van der Waals surface area contributed by atoms with E-state index in [1.807, 2.05) is 6.07 Å². The maximum atomic E-state index is 13.7. The van der Waals surface area contributed by atoms with Gasteiger partial charge in [0, 0.05) is 49.3 Å². The summed E-state index contributed by atoms with van der Waals surface area (Å²) in [5.74, 6) is 5.89. The van der Waals surface area contributed by atoms with E-state index in [0.717, 1.165) is 44.5 Å². The van der Waals surface area contributed by atoms with Gasteiger partial charge in [0.2, 0.25) is 10.0 Å². The van der Waals surface area contributed by atoms with Gasteiger partial charge in [-0.05, 0) is 75.8 Å². The molecule has 2 aliphatic heterocycles. The highest BCUT2D eigenvalue weighted by atomic mass is 32.2. The van der Waals surface area contributed by atoms with Crippen LogP contribution in [0.3, 0.4) is 0 Å². The highest BCUT2D eigenvalue weighted by Crippen LogP contribution is 2.32. The zero-order valence-electron chi connectivity index (χ0n) is 26.4. The van der Waals surface area contributed by atoms with E-state index in [4.69, 9.17) is 0 Å². The molecule has 1 aromatic carbocycles. The number of hydrogen-bond acceptors (Lipinski definition) is 7. The first-order valence-electron chi connectivity index (χ1n) is 15.5. The molecule has 9 nitrogen and oxygen atoms in total. The maximum Gasteiger partial charge on any atom is 0.406 e. The number of likely N-dealkylation sites (tertiary alicyclic amines) is 1. The molecule has 0 amide bonds. The van der Waals surface area contributed by atoms with E-state index in [0.29, 0.717) is 41.4 Å². The summed E-state index contributed by atoms with van der Waals surface area (Å²) in [5, 5.41) is 16.7. The molecule has 246 valence electrons. The van der Waals surface area contributed by atoms with Crippen LogP contribution in [0.25, 0.3) is 10.9 Å². The molecule has 0 atom stereocenters. The second-order valence-corrected chi connectivity index (χ2v) is 14.6. The van der Waals surface area contributed by atoms with Crippen molar-refractivity contribution >= 4 is 32.3 Å². The zero-order chi connectivity index (χ0) is 33.1. The topological polar surface area (TPSA) is 106 Å². The Morgan fingerprint density at radius 1 is 1.04 bits per heavy atom. The number of aromatic nitrogens is 2. The highest BCUT2D eigenvalue weighted by Gasteiger charge is 2.32. The van der Waals surface area contributed by atoms with Crippen molar-refractivity contribution in [2.75, 3.05) is 49.6 Å². The minimum Gasteiger partial charge on any atom is -0.382 e. The summed E-state index contributed by atoms with van der Waals surface area (Å²) in [4.78, 5) is 6.79. The first-order chi connectivity index (χ1) is 21.7. The van der Waals surface area contributed by atoms with E-state index in [-0.39, 0.29) is 18.3 Å². The van der Waals surface area contributed by atoms with E-state index in [2.05, 4.69) is 38.4 Å². The Labute approximate surface area is 268 Å². The number of benzene rings is 1. The second kappa shape index (κ2) is 13.5. The molecule has 4 heterocycles. The first kappa shape index (κ1) is 33.6. The smallest absolute Gasteiger partial charge is 0.382 e. The third kappa shape index (κ3) is 8.13. The number of nitriles is 1. The third-order valence-electron chi connectivity index (χ3n) is 8.86. The van der Waals surface area contributed by atoms with E-state index in [1.165, 1.54) is 10.8 Å². The maximum absolute atomic E-state index is 13.7. The van der Waals surface area contributed by atoms with Crippen LogP contribution >= 0.6 is 0 Å². The van der Waals surface area contributed by atoms with E-state index < -0.39 is 28.2 Å². The highest BCUT2D eigenvalue weighted by molar-refractivity contribution is 7.88. The van der Waals surface area contributed by atoms with Crippen LogP contribution < -0.4 is 10.6 Å². The lowest BCUT2D eigenvalue weighted by molar-refractivity contribution is -0.140. The molecular formula is C33H40F3N7O2S. The molecule has 2 fully saturated rings. The summed E-state index contributed by atoms with van der Waals surface area (Å²) in [5.41, 5.74) is 2.16. The van der Waals surface area contributed by atoms with Crippen LogP contribution in [0.4, 0.5) is 24.5 Å². The number of piperidine rings is 2. The molecule has 0 unspecified atom stereocenters. The Hall–Kier alpha value is -3.78. The van der Waals surface area contributed by atoms with Crippen molar-refractivity contribution in [2.24, 2.45) is 0 Å². The molecule has 0 aliphatic carbocycles. The number of halogens is 3. The monoisotopic (exact) mass is 655 g/mol. The lowest BCUT2D eigenvalue weighted by Crippen LogP contribution is -2.50. The number of nitrogens with zero attached hydrogens (tertiary/aromatic N) is 5. The van der Waals surface area contributed by atoms with Crippen LogP contribution in [0.2, 0.25) is 0 Å². The molecule has 0 spiro atoms. The number of fused-ring (bicyclic) bond motifs is 1. The molecule has 2 N–H and O–H groups in total. The van der Waals surface area contributed by atoms with Crippen molar-refractivity contribution in [2.45, 2.75) is 69.8 Å². The molecule has 5 rings (SSSR count). The Balaban J connectivity index is 1.25. The third-order valence-corrected chi connectivity index (χ3v) is 10.2. The minimum atomic E-state index is -4.42. The average molecular weight is 656 g/mol. The van der Waals surface area contributed by atoms with E-state index in [1.54, 1.807) is 54.7 Å². The molecule has 0 radical (unpaired) electrons. The van der Waals surface area contributed by atoms with Crippen LogP contribution in [0.1, 0.15) is 50.9 Å². The van der Waals surface area contributed by atoms with E-state index in [9.17, 15) is 26.9 Å². The number of anilines is 2. The second-order valence-electron chi connectivity index (χ2n) is 12.6. The Morgan fingerprint density at radius 3 is 2.37 bits per heavy atom. The van der Waals surface area contributed by atoms with Crippen molar-refractivity contribution in [3.63, 3.8) is 0 Å². The van der Waals surface area contributed by atoms with Crippen molar-refractivity contribution in [3.05, 3.63) is 54.0 Å². The van der Waals surface area contributed by atoms with Crippen LogP contribution in [-0.4, -0.2) is 84.4 Å². The van der Waals surface area contributed by atoms with Crippen LogP contribution in [0.5, 0.6) is 0 Å². The molecule has 2 aliphatic rings. The molecule has 0 saturated carbocycles. The van der Waals surface area contributed by atoms with Gasteiger partial charge < -0.3 is 20.1 Å². The van der Waals surface area contributed by atoms with Gasteiger partial charge in [0.05, 0.1) is 53.1 Å². The summed E-state index contributed by atoms with van der Waals surface area (Å²) in [6, 6.07) is 13.4. The van der Waals surface area contributed by atoms with Crippen molar-refractivity contribution < 1.29 is 21.6 Å². The normalized spacial score (nSPS) is 17.8. The minimum absolute atomic E-state index is 0.168. The predicted octanol–water partition coefficient (Wildman–Crippen LogP) is 5.16. The summed E-state index contributed by atoms with van der Waals surface area (Å²) < 4.78 is 67.5. The molecule has 13 heteroatoms. The van der Waals surface area contributed by atoms with Gasteiger partial charge in [-0.2, -0.15) is 18.4 Å². The lowest BCUT2D eigenvalue weighted by Gasteiger charge is -2.41. The summed E-state index contributed by atoms with van der Waals surface area (Å²) >= 11 is 0. The number of sulfonamides is 1. The van der Waals surface area contributed by atoms with Crippen molar-refractivity contribution in [1.82, 2.24) is 18.8 Å². The number of hydrogen-bond donors (Lipinski definition) is 2. The van der Waals surface area contributed by atoms with Crippen LogP contribution in [0.15, 0.2) is 42.6 Å². The molecule has 0 bridgehead atoms. The average Bonchev–Trinajstić information content (AvgIpc) is 3.36. The Morgan fingerprint density at radius 2 is 1.76 bits per heavy atom. The number of alkyl halides is 3. The fraction of sp³-hybridized carbons (Fsp3) is 0.515. The van der Waals surface area contributed by atoms with Crippen LogP contribution in [0, 0.1) is 23.2 Å². The lowest BCUT2D eigenvalue weighted by atomic mass is 9.91. The number of rotatable bonds is 8. The fourth-order valence-corrected chi connectivity index (χ4v) is 7.11. The van der Waals surface area contributed by atoms with Gasteiger partial charge in [-0.3, -0.25) is 4.98 Å². The Bertz CT molecular complexity index is 1740. The van der Waals surface area contributed by atoms with Crippen LogP contribution in [-0.2, 0) is 22.0 Å². The predicted molar refractivity (Wildman–Crippen MR) is 174 cm³/mol. The summed E-state index contributed by atoms with van der Waals surface area (Å²) in [6.07, 6.45) is 1.86. The number of nitrogens with one attached hydrogen (secondary N) is 2. The molecule has 46 heavy (non-hydrogen) atoms. The quantitative estimate of drug-likeness (QED) is 0.323. The SMILES string of the molecule is CC(C)(C#N)c1ccc(NCC#Cc2cc3c(NC4CCN(C5CCN(S(C)(=O)=O)CC5)CC4)cccc3n2CC(F)(F)F)cn1. The Kier molecular flexibility index (Phi) is 9.87. The first-order valence-corrected chi connectivity index (χ1v) is 17.3. The molecule has 3 aromatic rings. The van der Waals surface area contributed by atoms with Gasteiger partial charge in [0.1, 0.15) is 6.54 Å².